The molecule has 1 fully saturated rings. The zero-order chi connectivity index (χ0) is 19.5. The molecule has 0 spiro atoms. The predicted octanol–water partition coefficient (Wildman–Crippen LogP) is 4.38. The van der Waals surface area contributed by atoms with Crippen molar-refractivity contribution in [2.24, 2.45) is 0 Å². The quantitative estimate of drug-likeness (QED) is 0.639. The summed E-state index contributed by atoms with van der Waals surface area (Å²) in [7, 11) is 1.63. The maximum absolute atomic E-state index is 12.5. The average molecular weight is 379 g/mol. The number of rotatable bonds is 7. The summed E-state index contributed by atoms with van der Waals surface area (Å²) in [5.74, 6) is 2.20. The number of H-pyrrole nitrogens is 1. The van der Waals surface area contributed by atoms with Gasteiger partial charge in [-0.25, -0.2) is 4.98 Å². The Morgan fingerprint density at radius 2 is 2.14 bits per heavy atom. The Kier molecular flexibility index (Phi) is 5.30. The van der Waals surface area contributed by atoms with Gasteiger partial charge in [0.2, 0.25) is 0 Å². The highest BCUT2D eigenvalue weighted by Gasteiger charge is 2.22. The highest BCUT2D eigenvalue weighted by atomic mass is 16.5. The number of aromatic nitrogens is 2. The van der Waals surface area contributed by atoms with E-state index in [-0.39, 0.29) is 5.91 Å². The van der Waals surface area contributed by atoms with E-state index < -0.39 is 6.10 Å². The number of carbonyl (C=O) groups is 1. The number of hydrogen-bond acceptors (Lipinski definition) is 4. The Labute approximate surface area is 164 Å². The Balaban J connectivity index is 1.36. The van der Waals surface area contributed by atoms with Crippen LogP contribution in [0.3, 0.4) is 0 Å². The van der Waals surface area contributed by atoms with Crippen molar-refractivity contribution in [3.63, 3.8) is 0 Å². The van der Waals surface area contributed by atoms with Gasteiger partial charge in [-0.1, -0.05) is 18.6 Å². The van der Waals surface area contributed by atoms with Crippen LogP contribution >= 0.6 is 0 Å². The second kappa shape index (κ2) is 8.02. The molecule has 6 nitrogen and oxygen atoms in total. The van der Waals surface area contributed by atoms with Crippen molar-refractivity contribution < 1.29 is 14.3 Å². The van der Waals surface area contributed by atoms with Crippen molar-refractivity contribution in [3.05, 3.63) is 53.9 Å². The molecule has 28 heavy (non-hydrogen) atoms. The largest absolute Gasteiger partial charge is 0.497 e. The van der Waals surface area contributed by atoms with Gasteiger partial charge in [0.25, 0.3) is 5.91 Å². The lowest BCUT2D eigenvalue weighted by molar-refractivity contribution is -0.127. The van der Waals surface area contributed by atoms with Crippen LogP contribution in [0.25, 0.3) is 11.0 Å². The molecule has 0 radical (unpaired) electrons. The molecule has 0 saturated heterocycles. The van der Waals surface area contributed by atoms with Crippen molar-refractivity contribution in [1.29, 1.82) is 0 Å². The molecular weight excluding hydrogens is 354 g/mol. The van der Waals surface area contributed by atoms with Crippen LogP contribution < -0.4 is 10.1 Å². The average Bonchev–Trinajstić information content (AvgIpc) is 3.07. The van der Waals surface area contributed by atoms with Crippen LogP contribution in [0, 0.1) is 0 Å². The van der Waals surface area contributed by atoms with Crippen molar-refractivity contribution in [1.82, 2.24) is 9.97 Å². The molecule has 3 aromatic rings. The van der Waals surface area contributed by atoms with Gasteiger partial charge < -0.3 is 19.8 Å². The van der Waals surface area contributed by atoms with Crippen molar-refractivity contribution in [3.8, 4) is 5.75 Å². The maximum Gasteiger partial charge on any atom is 0.253 e. The Morgan fingerprint density at radius 1 is 1.29 bits per heavy atom. The van der Waals surface area contributed by atoms with Gasteiger partial charge in [-0.15, -0.1) is 0 Å². The number of carbonyl (C=O) groups excluding carboxylic acids is 1. The summed E-state index contributed by atoms with van der Waals surface area (Å²) in [4.78, 5) is 20.5. The van der Waals surface area contributed by atoms with Gasteiger partial charge in [-0.3, -0.25) is 4.79 Å². The lowest BCUT2D eigenvalue weighted by Crippen LogP contribution is -2.27. The second-order valence-electron chi connectivity index (χ2n) is 7.28. The van der Waals surface area contributed by atoms with E-state index in [9.17, 15) is 4.79 Å². The first kappa shape index (κ1) is 18.5. The lowest BCUT2D eigenvalue weighted by Gasteiger charge is -2.22. The highest BCUT2D eigenvalue weighted by molar-refractivity contribution is 5.95. The van der Waals surface area contributed by atoms with Crippen molar-refractivity contribution in [2.75, 3.05) is 12.4 Å². The summed E-state index contributed by atoms with van der Waals surface area (Å²) in [5, 5.41) is 2.92. The van der Waals surface area contributed by atoms with Crippen LogP contribution in [-0.2, 0) is 16.1 Å². The van der Waals surface area contributed by atoms with E-state index >= 15 is 0 Å². The number of hydrogen-bond donors (Lipinski definition) is 2. The third-order valence-electron chi connectivity index (χ3n) is 5.26. The first-order valence-corrected chi connectivity index (χ1v) is 9.67. The van der Waals surface area contributed by atoms with E-state index in [1.54, 1.807) is 14.0 Å². The number of amides is 1. The number of fused-ring (bicyclic) bond motifs is 1. The lowest BCUT2D eigenvalue weighted by atomic mass is 9.85. The zero-order valence-electron chi connectivity index (χ0n) is 16.2. The van der Waals surface area contributed by atoms with Gasteiger partial charge in [-0.2, -0.15) is 0 Å². The fourth-order valence-corrected chi connectivity index (χ4v) is 3.29. The molecule has 0 aliphatic heterocycles. The maximum atomic E-state index is 12.5. The molecule has 1 heterocycles. The molecule has 0 bridgehead atoms. The molecule has 1 aliphatic rings. The fraction of sp³-hybridized carbons (Fsp3) is 0.364. The topological polar surface area (TPSA) is 76.2 Å². The number of ether oxygens (including phenoxy) is 2. The normalized spacial score (nSPS) is 15.2. The number of benzene rings is 2. The van der Waals surface area contributed by atoms with Crippen LogP contribution in [0.4, 0.5) is 5.69 Å². The molecular formula is C22H25N3O3. The standard InChI is InChI=1S/C22H25N3O3/c1-14(28-13-15-5-3-8-18(11-15)27-2)22(26)23-17-9-10-19-20(12-17)25-21(24-19)16-6-4-7-16/h3,5,8-12,14,16H,4,6-7,13H2,1-2H3,(H,23,26)(H,24,25). The number of nitrogens with zero attached hydrogens (tertiary/aromatic N) is 1. The summed E-state index contributed by atoms with van der Waals surface area (Å²) >= 11 is 0. The first-order valence-electron chi connectivity index (χ1n) is 9.67. The SMILES string of the molecule is COc1cccc(COC(C)C(=O)Nc2ccc3nc(C4CCC4)[nH]c3c2)c1. The number of nitrogens with one attached hydrogen (secondary N) is 2. The molecule has 1 atom stereocenters. The van der Waals surface area contributed by atoms with E-state index in [4.69, 9.17) is 9.47 Å². The van der Waals surface area contributed by atoms with Gasteiger partial charge >= 0.3 is 0 Å². The monoisotopic (exact) mass is 379 g/mol. The minimum absolute atomic E-state index is 0.180. The Morgan fingerprint density at radius 3 is 2.89 bits per heavy atom. The predicted molar refractivity (Wildman–Crippen MR) is 109 cm³/mol. The van der Waals surface area contributed by atoms with E-state index in [2.05, 4.69) is 15.3 Å². The van der Waals surface area contributed by atoms with E-state index in [1.165, 1.54) is 19.3 Å². The molecule has 1 aliphatic carbocycles. The van der Waals surface area contributed by atoms with Gasteiger partial charge in [0.15, 0.2) is 0 Å². The molecule has 2 aromatic carbocycles. The molecule has 146 valence electrons. The molecule has 1 saturated carbocycles. The van der Waals surface area contributed by atoms with Crippen LogP contribution in [0.5, 0.6) is 5.75 Å². The summed E-state index contributed by atoms with van der Waals surface area (Å²) in [6.45, 7) is 2.09. The number of aromatic amines is 1. The van der Waals surface area contributed by atoms with Crippen molar-refractivity contribution in [2.45, 2.75) is 44.8 Å². The Bertz CT molecular complexity index is 978. The Hall–Kier alpha value is -2.86. The molecule has 1 aromatic heterocycles. The van der Waals surface area contributed by atoms with Gasteiger partial charge in [0.1, 0.15) is 17.7 Å². The first-order chi connectivity index (χ1) is 13.6. The third-order valence-corrected chi connectivity index (χ3v) is 5.26. The number of imidazole rings is 1. The van der Waals surface area contributed by atoms with Crippen LogP contribution in [0.15, 0.2) is 42.5 Å². The van der Waals surface area contributed by atoms with E-state index in [0.717, 1.165) is 33.9 Å². The minimum Gasteiger partial charge on any atom is -0.497 e. The van der Waals surface area contributed by atoms with Gasteiger partial charge in [0.05, 0.1) is 24.8 Å². The summed E-state index contributed by atoms with van der Waals surface area (Å²) in [5.41, 5.74) is 3.58. The minimum atomic E-state index is -0.575. The van der Waals surface area contributed by atoms with E-state index in [1.807, 2.05) is 42.5 Å². The summed E-state index contributed by atoms with van der Waals surface area (Å²) in [6, 6.07) is 13.4. The zero-order valence-corrected chi connectivity index (χ0v) is 16.2. The molecule has 1 unspecified atom stereocenters. The van der Waals surface area contributed by atoms with Crippen molar-refractivity contribution >= 4 is 22.6 Å². The molecule has 1 amide bonds. The second-order valence-corrected chi connectivity index (χ2v) is 7.28. The highest BCUT2D eigenvalue weighted by Crippen LogP contribution is 2.35. The smallest absolute Gasteiger partial charge is 0.253 e. The van der Waals surface area contributed by atoms with Crippen LogP contribution in [0.2, 0.25) is 0 Å². The third kappa shape index (κ3) is 4.02. The molecule has 6 heteroatoms. The summed E-state index contributed by atoms with van der Waals surface area (Å²) in [6.07, 6.45) is 3.10. The number of methoxy groups -OCH3 is 1. The molecule has 4 rings (SSSR count). The van der Waals surface area contributed by atoms with Crippen LogP contribution in [0.1, 0.15) is 43.5 Å². The molecule has 2 N–H and O–H groups in total. The fourth-order valence-electron chi connectivity index (χ4n) is 3.29. The van der Waals surface area contributed by atoms with Crippen LogP contribution in [-0.4, -0.2) is 29.1 Å². The van der Waals surface area contributed by atoms with E-state index in [0.29, 0.717) is 12.5 Å². The summed E-state index contributed by atoms with van der Waals surface area (Å²) < 4.78 is 10.9. The van der Waals surface area contributed by atoms with Gasteiger partial charge in [-0.05, 0) is 55.7 Å². The van der Waals surface area contributed by atoms with Gasteiger partial charge in [0, 0.05) is 11.6 Å². The number of anilines is 1.